The predicted octanol–water partition coefficient (Wildman–Crippen LogP) is 1.87. The number of nitrogens with one attached hydrogen (secondary N) is 3. The highest BCUT2D eigenvalue weighted by molar-refractivity contribution is 5.94. The van der Waals surface area contributed by atoms with Gasteiger partial charge in [-0.3, -0.25) is 4.79 Å². The van der Waals surface area contributed by atoms with Crippen LogP contribution in [-0.4, -0.2) is 27.4 Å². The van der Waals surface area contributed by atoms with E-state index in [-0.39, 0.29) is 5.91 Å². The molecule has 2 aromatic rings. The normalized spacial score (nSPS) is 10.3. The Bertz CT molecular complexity index is 565. The lowest BCUT2D eigenvalue weighted by molar-refractivity contribution is 0.0950. The first-order chi connectivity index (χ1) is 9.69. The van der Waals surface area contributed by atoms with Crippen molar-refractivity contribution in [2.75, 3.05) is 11.9 Å². The van der Waals surface area contributed by atoms with Gasteiger partial charge in [-0.25, -0.2) is 9.97 Å². The van der Waals surface area contributed by atoms with E-state index in [0.29, 0.717) is 12.1 Å². The number of carbonyl (C=O) groups is 1. The summed E-state index contributed by atoms with van der Waals surface area (Å²) in [5.41, 5.74) is 2.29. The molecule has 0 fully saturated rings. The largest absolute Gasteiger partial charge is 0.370 e. The Morgan fingerprint density at radius 1 is 1.40 bits per heavy atom. The molecule has 0 aromatic carbocycles. The Balaban J connectivity index is 2.02. The number of anilines is 1. The van der Waals surface area contributed by atoms with Gasteiger partial charge < -0.3 is 15.6 Å². The fourth-order valence-electron chi connectivity index (χ4n) is 1.80. The van der Waals surface area contributed by atoms with Crippen LogP contribution in [0.15, 0.2) is 24.7 Å². The minimum absolute atomic E-state index is 0.121. The van der Waals surface area contributed by atoms with Gasteiger partial charge in [0.05, 0.1) is 18.6 Å². The number of aryl methyl sites for hydroxylation is 1. The smallest absolute Gasteiger partial charge is 0.251 e. The summed E-state index contributed by atoms with van der Waals surface area (Å²) in [7, 11) is 0. The van der Waals surface area contributed by atoms with Crippen LogP contribution >= 0.6 is 0 Å². The Morgan fingerprint density at radius 3 is 2.95 bits per heavy atom. The lowest BCUT2D eigenvalue weighted by Gasteiger charge is -2.09. The molecule has 0 radical (unpaired) electrons. The minimum atomic E-state index is -0.121. The first-order valence-electron chi connectivity index (χ1n) is 6.67. The third-order valence-electron chi connectivity index (χ3n) is 2.77. The lowest BCUT2D eigenvalue weighted by Crippen LogP contribution is -2.23. The molecule has 0 unspecified atom stereocenters. The predicted molar refractivity (Wildman–Crippen MR) is 77.5 cm³/mol. The Hall–Kier alpha value is -2.37. The Kier molecular flexibility index (Phi) is 4.70. The first-order valence-corrected chi connectivity index (χ1v) is 6.67. The molecule has 106 valence electrons. The number of aromatic nitrogens is 3. The van der Waals surface area contributed by atoms with Crippen LogP contribution in [0.2, 0.25) is 0 Å². The summed E-state index contributed by atoms with van der Waals surface area (Å²) in [6.45, 7) is 5.23. The Labute approximate surface area is 118 Å². The zero-order valence-corrected chi connectivity index (χ0v) is 11.7. The minimum Gasteiger partial charge on any atom is -0.370 e. The standard InChI is InChI=1S/C14H19N5O/c1-3-4-16-13-6-11(5-10(2)19-13)14(20)17-8-12-7-15-9-18-12/h5-7,9H,3-4,8H2,1-2H3,(H,15,18)(H,16,19)(H,17,20). The number of amides is 1. The fourth-order valence-corrected chi connectivity index (χ4v) is 1.80. The average Bonchev–Trinajstić information content (AvgIpc) is 2.95. The number of hydrogen-bond acceptors (Lipinski definition) is 4. The van der Waals surface area contributed by atoms with E-state index in [0.717, 1.165) is 30.2 Å². The van der Waals surface area contributed by atoms with Gasteiger partial charge in [0, 0.05) is 24.0 Å². The van der Waals surface area contributed by atoms with Crippen LogP contribution in [0.4, 0.5) is 5.82 Å². The summed E-state index contributed by atoms with van der Waals surface area (Å²) in [6, 6.07) is 3.55. The third kappa shape index (κ3) is 3.81. The maximum atomic E-state index is 12.1. The SMILES string of the molecule is CCCNc1cc(C(=O)NCc2cnc[nH]2)cc(C)n1. The highest BCUT2D eigenvalue weighted by atomic mass is 16.1. The third-order valence-corrected chi connectivity index (χ3v) is 2.77. The van der Waals surface area contributed by atoms with Crippen molar-refractivity contribution in [3.8, 4) is 0 Å². The van der Waals surface area contributed by atoms with Gasteiger partial charge in [0.2, 0.25) is 0 Å². The van der Waals surface area contributed by atoms with E-state index in [4.69, 9.17) is 0 Å². The summed E-state index contributed by atoms with van der Waals surface area (Å²) in [5.74, 6) is 0.614. The van der Waals surface area contributed by atoms with E-state index < -0.39 is 0 Å². The van der Waals surface area contributed by atoms with Crippen LogP contribution in [0, 0.1) is 6.92 Å². The van der Waals surface area contributed by atoms with Crippen LogP contribution < -0.4 is 10.6 Å². The maximum absolute atomic E-state index is 12.1. The molecule has 0 saturated heterocycles. The van der Waals surface area contributed by atoms with E-state index in [2.05, 4.69) is 32.5 Å². The van der Waals surface area contributed by atoms with Crippen molar-refractivity contribution in [3.05, 3.63) is 41.6 Å². The summed E-state index contributed by atoms with van der Waals surface area (Å²) in [6.07, 6.45) is 4.29. The summed E-state index contributed by atoms with van der Waals surface area (Å²) < 4.78 is 0. The molecule has 20 heavy (non-hydrogen) atoms. The van der Waals surface area contributed by atoms with E-state index in [1.54, 1.807) is 24.7 Å². The molecule has 2 heterocycles. The van der Waals surface area contributed by atoms with Gasteiger partial charge in [0.1, 0.15) is 5.82 Å². The zero-order valence-electron chi connectivity index (χ0n) is 11.7. The highest BCUT2D eigenvalue weighted by Crippen LogP contribution is 2.10. The molecule has 0 spiro atoms. The van der Waals surface area contributed by atoms with Gasteiger partial charge >= 0.3 is 0 Å². The molecule has 0 saturated carbocycles. The van der Waals surface area contributed by atoms with E-state index in [9.17, 15) is 4.79 Å². The monoisotopic (exact) mass is 273 g/mol. The van der Waals surface area contributed by atoms with Gasteiger partial charge in [-0.15, -0.1) is 0 Å². The number of nitrogens with zero attached hydrogens (tertiary/aromatic N) is 2. The molecular formula is C14H19N5O. The molecule has 6 nitrogen and oxygen atoms in total. The van der Waals surface area contributed by atoms with E-state index >= 15 is 0 Å². The number of hydrogen-bond donors (Lipinski definition) is 3. The molecule has 0 aliphatic carbocycles. The van der Waals surface area contributed by atoms with Crippen molar-refractivity contribution in [2.45, 2.75) is 26.8 Å². The van der Waals surface area contributed by atoms with Gasteiger partial charge in [-0.05, 0) is 25.5 Å². The molecule has 0 bridgehead atoms. The summed E-state index contributed by atoms with van der Waals surface area (Å²) in [5, 5.41) is 6.04. The van der Waals surface area contributed by atoms with Crippen LogP contribution in [-0.2, 0) is 6.54 Å². The number of H-pyrrole nitrogens is 1. The first kappa shape index (κ1) is 14.0. The molecule has 1 amide bonds. The quantitative estimate of drug-likeness (QED) is 0.750. The van der Waals surface area contributed by atoms with Crippen molar-refractivity contribution in [1.29, 1.82) is 0 Å². The van der Waals surface area contributed by atoms with Crippen LogP contribution in [0.3, 0.4) is 0 Å². The second-order valence-electron chi connectivity index (χ2n) is 4.57. The number of carbonyl (C=O) groups excluding carboxylic acids is 1. The van der Waals surface area contributed by atoms with Crippen molar-refractivity contribution in [2.24, 2.45) is 0 Å². The molecule has 0 aliphatic heterocycles. The van der Waals surface area contributed by atoms with E-state index in [1.807, 2.05) is 6.92 Å². The molecule has 0 aliphatic rings. The van der Waals surface area contributed by atoms with Crippen molar-refractivity contribution < 1.29 is 4.79 Å². The maximum Gasteiger partial charge on any atom is 0.251 e. The average molecular weight is 273 g/mol. The van der Waals surface area contributed by atoms with Crippen LogP contribution in [0.1, 0.15) is 35.1 Å². The van der Waals surface area contributed by atoms with Gasteiger partial charge in [0.25, 0.3) is 5.91 Å². The van der Waals surface area contributed by atoms with Crippen molar-refractivity contribution in [1.82, 2.24) is 20.3 Å². The van der Waals surface area contributed by atoms with Crippen molar-refractivity contribution >= 4 is 11.7 Å². The van der Waals surface area contributed by atoms with Gasteiger partial charge in [-0.2, -0.15) is 0 Å². The van der Waals surface area contributed by atoms with Gasteiger partial charge in [-0.1, -0.05) is 6.92 Å². The lowest BCUT2D eigenvalue weighted by atomic mass is 10.2. The van der Waals surface area contributed by atoms with Crippen molar-refractivity contribution in [3.63, 3.8) is 0 Å². The summed E-state index contributed by atoms with van der Waals surface area (Å²) >= 11 is 0. The summed E-state index contributed by atoms with van der Waals surface area (Å²) in [4.78, 5) is 23.3. The second-order valence-corrected chi connectivity index (χ2v) is 4.57. The molecule has 3 N–H and O–H groups in total. The molecule has 2 aromatic heterocycles. The van der Waals surface area contributed by atoms with E-state index in [1.165, 1.54) is 0 Å². The molecule has 6 heteroatoms. The van der Waals surface area contributed by atoms with Crippen LogP contribution in [0.5, 0.6) is 0 Å². The van der Waals surface area contributed by atoms with Crippen LogP contribution in [0.25, 0.3) is 0 Å². The van der Waals surface area contributed by atoms with Gasteiger partial charge in [0.15, 0.2) is 0 Å². The fraction of sp³-hybridized carbons (Fsp3) is 0.357. The molecule has 0 atom stereocenters. The number of rotatable bonds is 6. The number of imidazole rings is 1. The zero-order chi connectivity index (χ0) is 14.4. The number of aromatic amines is 1. The highest BCUT2D eigenvalue weighted by Gasteiger charge is 2.08. The topological polar surface area (TPSA) is 82.7 Å². The second kappa shape index (κ2) is 6.70. The molecular weight excluding hydrogens is 254 g/mol. The molecule has 2 rings (SSSR count). The Morgan fingerprint density at radius 2 is 2.25 bits per heavy atom. The number of pyridine rings is 1.